The summed E-state index contributed by atoms with van der Waals surface area (Å²) < 4.78 is 24.4. The summed E-state index contributed by atoms with van der Waals surface area (Å²) in [6, 6.07) is 1.12. The van der Waals surface area contributed by atoms with Crippen LogP contribution in [0.3, 0.4) is 0 Å². The van der Waals surface area contributed by atoms with E-state index in [0.717, 1.165) is 6.07 Å². The molecule has 94 valence electrons. The van der Waals surface area contributed by atoms with Gasteiger partial charge in [0.05, 0.1) is 24.3 Å². The Balaban J connectivity index is 2.48. The van der Waals surface area contributed by atoms with E-state index in [1.54, 1.807) is 0 Å². The second-order valence-electron chi connectivity index (χ2n) is 3.70. The van der Waals surface area contributed by atoms with E-state index in [1.165, 1.54) is 7.11 Å². The van der Waals surface area contributed by atoms with Crippen LogP contribution in [0.15, 0.2) is 6.07 Å². The van der Waals surface area contributed by atoms with Gasteiger partial charge in [-0.1, -0.05) is 11.6 Å². The fraction of sp³-hybridized carbons (Fsp3) is 0.455. The van der Waals surface area contributed by atoms with Gasteiger partial charge in [-0.25, -0.2) is 4.39 Å². The number of hydrogen-bond donors (Lipinski definition) is 2. The number of hydrogen-bond acceptors (Lipinski definition) is 4. The summed E-state index contributed by atoms with van der Waals surface area (Å²) in [5.74, 6) is -0.737. The van der Waals surface area contributed by atoms with Gasteiger partial charge in [-0.05, 0) is 0 Å². The number of aromatic hydroxyl groups is 1. The molecule has 0 aromatic heterocycles. The number of halogens is 2. The van der Waals surface area contributed by atoms with Gasteiger partial charge < -0.3 is 19.9 Å². The summed E-state index contributed by atoms with van der Waals surface area (Å²) in [7, 11) is 1.36. The van der Waals surface area contributed by atoms with Crippen molar-refractivity contribution in [1.82, 2.24) is 5.32 Å². The third-order valence-corrected chi connectivity index (χ3v) is 2.92. The minimum Gasteiger partial charge on any atom is -0.504 e. The molecule has 0 spiro atoms. The molecule has 0 bridgehead atoms. The van der Waals surface area contributed by atoms with E-state index in [2.05, 4.69) is 5.32 Å². The molecule has 6 heteroatoms. The lowest BCUT2D eigenvalue weighted by Gasteiger charge is -2.26. The highest BCUT2D eigenvalue weighted by molar-refractivity contribution is 6.31. The topological polar surface area (TPSA) is 50.7 Å². The number of phenols is 1. The van der Waals surface area contributed by atoms with Crippen LogP contribution in [0.2, 0.25) is 5.02 Å². The summed E-state index contributed by atoms with van der Waals surface area (Å²) in [5.41, 5.74) is 0.157. The smallest absolute Gasteiger partial charge is 0.169 e. The standard InChI is InChI=1S/C11H13ClFNO3/c1-16-11-7(15)4-6(12)10(13)9(11)8-5-14-2-3-17-8/h4,8,14-15H,2-3,5H2,1H3. The molecule has 17 heavy (non-hydrogen) atoms. The molecule has 1 atom stereocenters. The van der Waals surface area contributed by atoms with Crippen molar-refractivity contribution in [2.45, 2.75) is 6.10 Å². The Hall–Kier alpha value is -1.04. The maximum atomic E-state index is 14.0. The van der Waals surface area contributed by atoms with E-state index in [0.29, 0.717) is 19.7 Å². The summed E-state index contributed by atoms with van der Waals surface area (Å²) in [6.45, 7) is 1.64. The third kappa shape index (κ3) is 2.31. The fourth-order valence-electron chi connectivity index (χ4n) is 1.87. The van der Waals surface area contributed by atoms with Crippen molar-refractivity contribution < 1.29 is 19.0 Å². The highest BCUT2D eigenvalue weighted by Crippen LogP contribution is 2.41. The van der Waals surface area contributed by atoms with Crippen molar-refractivity contribution in [3.05, 3.63) is 22.5 Å². The number of benzene rings is 1. The molecule has 0 radical (unpaired) electrons. The predicted molar refractivity (Wildman–Crippen MR) is 61.2 cm³/mol. The first-order valence-electron chi connectivity index (χ1n) is 5.22. The molecule has 2 N–H and O–H groups in total. The predicted octanol–water partition coefficient (Wildman–Crippen LogP) is 1.85. The van der Waals surface area contributed by atoms with Crippen LogP contribution in [0.1, 0.15) is 11.7 Å². The zero-order chi connectivity index (χ0) is 12.4. The van der Waals surface area contributed by atoms with E-state index in [9.17, 15) is 9.50 Å². The second-order valence-corrected chi connectivity index (χ2v) is 4.11. The summed E-state index contributed by atoms with van der Waals surface area (Å²) in [6.07, 6.45) is -0.511. The van der Waals surface area contributed by atoms with Gasteiger partial charge in [-0.15, -0.1) is 0 Å². The first kappa shape index (κ1) is 12.4. The van der Waals surface area contributed by atoms with E-state index in [-0.39, 0.29) is 22.1 Å². The first-order valence-corrected chi connectivity index (χ1v) is 5.60. The number of methoxy groups -OCH3 is 1. The summed E-state index contributed by atoms with van der Waals surface area (Å²) >= 11 is 5.70. The Bertz CT molecular complexity index is 422. The van der Waals surface area contributed by atoms with E-state index < -0.39 is 11.9 Å². The van der Waals surface area contributed by atoms with Crippen LogP contribution in [-0.4, -0.2) is 31.9 Å². The highest BCUT2D eigenvalue weighted by Gasteiger charge is 2.27. The number of phenolic OH excluding ortho intramolecular Hbond substituents is 1. The number of ether oxygens (including phenoxy) is 2. The van der Waals surface area contributed by atoms with Crippen molar-refractivity contribution in [2.24, 2.45) is 0 Å². The quantitative estimate of drug-likeness (QED) is 0.853. The lowest BCUT2D eigenvalue weighted by molar-refractivity contribution is 0.0238. The lowest BCUT2D eigenvalue weighted by atomic mass is 10.1. The van der Waals surface area contributed by atoms with Gasteiger partial charge in [0, 0.05) is 19.2 Å². The van der Waals surface area contributed by atoms with Crippen LogP contribution in [0.5, 0.6) is 11.5 Å². The molecule has 1 aromatic rings. The Morgan fingerprint density at radius 1 is 1.65 bits per heavy atom. The molecular formula is C11H13ClFNO3. The average molecular weight is 262 g/mol. The first-order chi connectivity index (χ1) is 8.15. The maximum absolute atomic E-state index is 14.0. The van der Waals surface area contributed by atoms with Gasteiger partial charge in [0.1, 0.15) is 6.10 Å². The molecule has 4 nitrogen and oxygen atoms in total. The normalized spacial score (nSPS) is 20.3. The van der Waals surface area contributed by atoms with Crippen molar-refractivity contribution in [3.8, 4) is 11.5 Å². The largest absolute Gasteiger partial charge is 0.504 e. The van der Waals surface area contributed by atoms with Crippen LogP contribution < -0.4 is 10.1 Å². The molecule has 1 aliphatic heterocycles. The van der Waals surface area contributed by atoms with Crippen LogP contribution >= 0.6 is 11.6 Å². The van der Waals surface area contributed by atoms with Gasteiger partial charge >= 0.3 is 0 Å². The van der Waals surface area contributed by atoms with Crippen molar-refractivity contribution in [2.75, 3.05) is 26.8 Å². The highest BCUT2D eigenvalue weighted by atomic mass is 35.5. The third-order valence-electron chi connectivity index (χ3n) is 2.64. The van der Waals surface area contributed by atoms with E-state index in [4.69, 9.17) is 21.1 Å². The Labute approximate surface area is 103 Å². The van der Waals surface area contributed by atoms with Gasteiger partial charge in [0.25, 0.3) is 0 Å². The number of nitrogens with one attached hydrogen (secondary N) is 1. The number of morpholine rings is 1. The molecule has 1 aromatic carbocycles. The number of rotatable bonds is 2. The molecule has 2 rings (SSSR count). The molecule has 1 aliphatic rings. The van der Waals surface area contributed by atoms with Crippen LogP contribution in [0.25, 0.3) is 0 Å². The van der Waals surface area contributed by atoms with E-state index in [1.807, 2.05) is 0 Å². The van der Waals surface area contributed by atoms with Gasteiger partial charge in [-0.3, -0.25) is 0 Å². The minimum atomic E-state index is -0.616. The molecule has 0 aliphatic carbocycles. The molecule has 0 saturated carbocycles. The van der Waals surface area contributed by atoms with Crippen molar-refractivity contribution in [3.63, 3.8) is 0 Å². The SMILES string of the molecule is COc1c(O)cc(Cl)c(F)c1C1CNCCO1. The van der Waals surface area contributed by atoms with Crippen LogP contribution in [0, 0.1) is 5.82 Å². The zero-order valence-electron chi connectivity index (χ0n) is 9.30. The second kappa shape index (κ2) is 5.08. The van der Waals surface area contributed by atoms with Gasteiger partial charge in [0.2, 0.25) is 0 Å². The van der Waals surface area contributed by atoms with Crippen LogP contribution in [0.4, 0.5) is 4.39 Å². The average Bonchev–Trinajstić information content (AvgIpc) is 2.34. The monoisotopic (exact) mass is 261 g/mol. The molecule has 1 saturated heterocycles. The summed E-state index contributed by atoms with van der Waals surface area (Å²) in [5, 5.41) is 12.6. The molecule has 0 amide bonds. The fourth-order valence-corrected chi connectivity index (χ4v) is 2.07. The van der Waals surface area contributed by atoms with Crippen molar-refractivity contribution >= 4 is 11.6 Å². The molecule has 1 unspecified atom stereocenters. The molecular weight excluding hydrogens is 249 g/mol. The van der Waals surface area contributed by atoms with Gasteiger partial charge in [-0.2, -0.15) is 0 Å². The Morgan fingerprint density at radius 2 is 2.41 bits per heavy atom. The Morgan fingerprint density at radius 3 is 3.00 bits per heavy atom. The maximum Gasteiger partial charge on any atom is 0.169 e. The van der Waals surface area contributed by atoms with Crippen LogP contribution in [-0.2, 0) is 4.74 Å². The Kier molecular flexibility index (Phi) is 3.71. The summed E-state index contributed by atoms with van der Waals surface area (Å²) in [4.78, 5) is 0. The minimum absolute atomic E-state index is 0.0700. The van der Waals surface area contributed by atoms with Gasteiger partial charge in [0.15, 0.2) is 17.3 Å². The molecule has 1 heterocycles. The lowest BCUT2D eigenvalue weighted by Crippen LogP contribution is -2.34. The zero-order valence-corrected chi connectivity index (χ0v) is 10.1. The van der Waals surface area contributed by atoms with Crippen molar-refractivity contribution in [1.29, 1.82) is 0 Å². The molecule has 1 fully saturated rings. The van der Waals surface area contributed by atoms with E-state index >= 15 is 0 Å².